The minimum Gasteiger partial charge on any atom is -0.367 e. The Bertz CT molecular complexity index is 588. The quantitative estimate of drug-likeness (QED) is 0.768. The maximum absolute atomic E-state index is 10.8. The van der Waals surface area contributed by atoms with Crippen molar-refractivity contribution in [1.29, 1.82) is 0 Å². The van der Waals surface area contributed by atoms with Crippen molar-refractivity contribution in [2.45, 2.75) is 19.9 Å². The summed E-state index contributed by atoms with van der Waals surface area (Å²) >= 11 is 1.86. The smallest absolute Gasteiger partial charge is 0.150 e. The fourth-order valence-electron chi connectivity index (χ4n) is 2.46. The number of rotatable bonds is 2. The summed E-state index contributed by atoms with van der Waals surface area (Å²) < 4.78 is 0. The Labute approximate surface area is 111 Å². The first-order valence-corrected chi connectivity index (χ1v) is 7.02. The highest BCUT2D eigenvalue weighted by Gasteiger charge is 2.17. The first kappa shape index (κ1) is 11.5. The molecule has 0 saturated carbocycles. The van der Waals surface area contributed by atoms with Crippen LogP contribution in [0.15, 0.2) is 29.6 Å². The number of fused-ring (bicyclic) bond motifs is 1. The van der Waals surface area contributed by atoms with Crippen LogP contribution in [0.3, 0.4) is 0 Å². The van der Waals surface area contributed by atoms with Gasteiger partial charge in [0.1, 0.15) is 6.29 Å². The maximum Gasteiger partial charge on any atom is 0.150 e. The highest BCUT2D eigenvalue weighted by atomic mass is 32.1. The predicted octanol–water partition coefficient (Wildman–Crippen LogP) is 3.43. The third-order valence-corrected chi connectivity index (χ3v) is 4.58. The Morgan fingerprint density at radius 1 is 1.33 bits per heavy atom. The van der Waals surface area contributed by atoms with Crippen LogP contribution in [-0.4, -0.2) is 12.8 Å². The Hall–Kier alpha value is -1.61. The molecule has 1 aromatic carbocycles. The van der Waals surface area contributed by atoms with Crippen molar-refractivity contribution in [3.63, 3.8) is 0 Å². The van der Waals surface area contributed by atoms with Crippen molar-refractivity contribution in [2.75, 3.05) is 11.4 Å². The minimum atomic E-state index is 0.784. The van der Waals surface area contributed by atoms with Crippen molar-refractivity contribution in [1.82, 2.24) is 0 Å². The van der Waals surface area contributed by atoms with E-state index in [1.807, 2.05) is 30.4 Å². The Kier molecular flexibility index (Phi) is 2.92. The number of benzene rings is 1. The van der Waals surface area contributed by atoms with E-state index in [0.29, 0.717) is 0 Å². The van der Waals surface area contributed by atoms with Crippen LogP contribution in [0.4, 0.5) is 5.69 Å². The number of carbonyl (C=O) groups is 1. The molecule has 0 spiro atoms. The zero-order valence-electron chi connectivity index (χ0n) is 10.3. The zero-order valence-corrected chi connectivity index (χ0v) is 11.2. The van der Waals surface area contributed by atoms with E-state index < -0.39 is 0 Å². The molecule has 0 unspecified atom stereocenters. The fraction of sp³-hybridized carbons (Fsp3) is 0.267. The summed E-state index contributed by atoms with van der Waals surface area (Å²) in [5.74, 6) is 0. The van der Waals surface area contributed by atoms with Crippen molar-refractivity contribution in [3.8, 4) is 0 Å². The summed E-state index contributed by atoms with van der Waals surface area (Å²) in [6.07, 6.45) is 2.05. The SMILES string of the molecule is Cc1cc(N2CCc3sccc3C2)ccc1C=O. The fourth-order valence-corrected chi connectivity index (χ4v) is 3.35. The molecule has 0 aliphatic carbocycles. The molecule has 0 fully saturated rings. The average molecular weight is 257 g/mol. The summed E-state index contributed by atoms with van der Waals surface area (Å²) in [6.45, 7) is 4.04. The highest BCUT2D eigenvalue weighted by Crippen LogP contribution is 2.28. The summed E-state index contributed by atoms with van der Waals surface area (Å²) in [7, 11) is 0. The summed E-state index contributed by atoms with van der Waals surface area (Å²) in [5, 5.41) is 2.18. The Morgan fingerprint density at radius 2 is 2.22 bits per heavy atom. The number of carbonyl (C=O) groups excluding carboxylic acids is 1. The number of anilines is 1. The van der Waals surface area contributed by atoms with E-state index in [-0.39, 0.29) is 0 Å². The lowest BCUT2D eigenvalue weighted by atomic mass is 10.1. The largest absolute Gasteiger partial charge is 0.367 e. The van der Waals surface area contributed by atoms with Crippen molar-refractivity contribution in [2.24, 2.45) is 0 Å². The van der Waals surface area contributed by atoms with Gasteiger partial charge in [0, 0.05) is 29.2 Å². The van der Waals surface area contributed by atoms with Gasteiger partial charge in [-0.05, 0) is 54.1 Å². The summed E-state index contributed by atoms with van der Waals surface area (Å²) in [6, 6.07) is 8.30. The molecule has 0 amide bonds. The topological polar surface area (TPSA) is 20.3 Å². The molecule has 3 heteroatoms. The van der Waals surface area contributed by atoms with Gasteiger partial charge in [0.2, 0.25) is 0 Å². The standard InChI is InChI=1S/C15H15NOS/c1-11-8-14(3-2-13(11)10-17)16-6-4-15-12(9-16)5-7-18-15/h2-3,5,7-8,10H,4,6,9H2,1H3. The number of aldehydes is 1. The third-order valence-electron chi connectivity index (χ3n) is 3.55. The number of aryl methyl sites for hydroxylation is 1. The molecule has 1 aromatic heterocycles. The van der Waals surface area contributed by atoms with Crippen LogP contribution in [0, 0.1) is 6.92 Å². The van der Waals surface area contributed by atoms with Gasteiger partial charge in [0.15, 0.2) is 0 Å². The number of thiophene rings is 1. The molecule has 92 valence electrons. The molecule has 0 N–H and O–H groups in total. The van der Waals surface area contributed by atoms with E-state index in [1.54, 1.807) is 0 Å². The van der Waals surface area contributed by atoms with Crippen molar-refractivity contribution >= 4 is 23.3 Å². The normalized spacial score (nSPS) is 14.4. The molecule has 3 rings (SSSR count). The number of hydrogen-bond acceptors (Lipinski definition) is 3. The first-order valence-electron chi connectivity index (χ1n) is 6.14. The highest BCUT2D eigenvalue weighted by molar-refractivity contribution is 7.10. The summed E-state index contributed by atoms with van der Waals surface area (Å²) in [5.41, 5.74) is 4.50. The van der Waals surface area contributed by atoms with Gasteiger partial charge in [0.05, 0.1) is 0 Å². The molecule has 2 heterocycles. The van der Waals surface area contributed by atoms with E-state index in [9.17, 15) is 4.79 Å². The second-order valence-corrected chi connectivity index (χ2v) is 5.70. The van der Waals surface area contributed by atoms with E-state index in [2.05, 4.69) is 22.4 Å². The van der Waals surface area contributed by atoms with E-state index >= 15 is 0 Å². The maximum atomic E-state index is 10.8. The molecule has 0 atom stereocenters. The van der Waals surface area contributed by atoms with Gasteiger partial charge >= 0.3 is 0 Å². The van der Waals surface area contributed by atoms with Crippen LogP contribution in [0.5, 0.6) is 0 Å². The molecule has 1 aliphatic rings. The van der Waals surface area contributed by atoms with Crippen molar-refractivity contribution < 1.29 is 4.79 Å². The van der Waals surface area contributed by atoms with Gasteiger partial charge in [-0.2, -0.15) is 0 Å². The number of hydrogen-bond donors (Lipinski definition) is 0. The van der Waals surface area contributed by atoms with Gasteiger partial charge in [-0.3, -0.25) is 4.79 Å². The lowest BCUT2D eigenvalue weighted by Gasteiger charge is -2.29. The molecule has 2 nitrogen and oxygen atoms in total. The predicted molar refractivity (Wildman–Crippen MR) is 75.6 cm³/mol. The molecule has 18 heavy (non-hydrogen) atoms. The zero-order chi connectivity index (χ0) is 12.5. The molecular formula is C15H15NOS. The average Bonchev–Trinajstić information content (AvgIpc) is 2.85. The van der Waals surface area contributed by atoms with Gasteiger partial charge in [-0.1, -0.05) is 0 Å². The van der Waals surface area contributed by atoms with Crippen LogP contribution >= 0.6 is 11.3 Å². The first-order chi connectivity index (χ1) is 8.78. The molecule has 1 aliphatic heterocycles. The van der Waals surface area contributed by atoms with Crippen molar-refractivity contribution in [3.05, 3.63) is 51.2 Å². The molecular weight excluding hydrogens is 242 g/mol. The van der Waals surface area contributed by atoms with Crippen LogP contribution in [0.2, 0.25) is 0 Å². The van der Waals surface area contributed by atoms with Crippen LogP contribution in [0.1, 0.15) is 26.4 Å². The van der Waals surface area contributed by atoms with Crippen LogP contribution in [0.25, 0.3) is 0 Å². The van der Waals surface area contributed by atoms with Gasteiger partial charge in [0.25, 0.3) is 0 Å². The lowest BCUT2D eigenvalue weighted by molar-refractivity contribution is 0.112. The molecule has 0 bridgehead atoms. The molecule has 0 radical (unpaired) electrons. The molecule has 0 saturated heterocycles. The minimum absolute atomic E-state index is 0.784. The van der Waals surface area contributed by atoms with E-state index in [4.69, 9.17) is 0 Å². The van der Waals surface area contributed by atoms with E-state index in [0.717, 1.165) is 36.9 Å². The third kappa shape index (κ3) is 1.95. The summed E-state index contributed by atoms with van der Waals surface area (Å²) in [4.78, 5) is 14.7. The van der Waals surface area contributed by atoms with Gasteiger partial charge in [-0.15, -0.1) is 11.3 Å². The second-order valence-electron chi connectivity index (χ2n) is 4.70. The van der Waals surface area contributed by atoms with Gasteiger partial charge < -0.3 is 4.90 Å². The Balaban J connectivity index is 1.88. The van der Waals surface area contributed by atoms with E-state index in [1.165, 1.54) is 16.1 Å². The van der Waals surface area contributed by atoms with Gasteiger partial charge in [-0.25, -0.2) is 0 Å². The van der Waals surface area contributed by atoms with Crippen LogP contribution in [-0.2, 0) is 13.0 Å². The number of nitrogens with zero attached hydrogens (tertiary/aromatic N) is 1. The monoisotopic (exact) mass is 257 g/mol. The molecule has 2 aromatic rings. The van der Waals surface area contributed by atoms with Crippen LogP contribution < -0.4 is 4.90 Å². The lowest BCUT2D eigenvalue weighted by Crippen LogP contribution is -2.29. The second kappa shape index (κ2) is 4.58. The Morgan fingerprint density at radius 3 is 3.00 bits per heavy atom.